The number of hydrogen-bond acceptors (Lipinski definition) is 4. The molecule has 156 valence electrons. The normalized spacial score (nSPS) is 10.7. The number of carbonyl (C=O) groups excluding carboxylic acids is 2. The van der Waals surface area contributed by atoms with Gasteiger partial charge in [-0.05, 0) is 42.6 Å². The van der Waals surface area contributed by atoms with E-state index in [2.05, 4.69) is 24.5 Å². The van der Waals surface area contributed by atoms with Crippen LogP contribution in [0.15, 0.2) is 42.5 Å². The summed E-state index contributed by atoms with van der Waals surface area (Å²) in [5.74, 6) is 0.392. The molecule has 6 nitrogen and oxygen atoms in total. The SMILES string of the molecule is CCc1cccc(CC)c1NC(=O)CN(CC)CC(=O)Nc1cccc(OC)c1. The van der Waals surface area contributed by atoms with Gasteiger partial charge in [0.15, 0.2) is 0 Å². The zero-order chi connectivity index (χ0) is 21.2. The minimum absolute atomic E-state index is 0.114. The molecule has 0 fully saturated rings. The molecule has 0 aliphatic heterocycles. The number of amides is 2. The topological polar surface area (TPSA) is 70.7 Å². The van der Waals surface area contributed by atoms with Crippen LogP contribution < -0.4 is 15.4 Å². The lowest BCUT2D eigenvalue weighted by atomic mass is 10.0. The molecule has 6 heteroatoms. The van der Waals surface area contributed by atoms with Crippen LogP contribution in [0.4, 0.5) is 11.4 Å². The molecule has 0 saturated carbocycles. The summed E-state index contributed by atoms with van der Waals surface area (Å²) in [6, 6.07) is 13.3. The van der Waals surface area contributed by atoms with E-state index in [9.17, 15) is 9.59 Å². The largest absolute Gasteiger partial charge is 0.497 e. The molecule has 0 heterocycles. The molecule has 0 spiro atoms. The molecule has 2 N–H and O–H groups in total. The Labute approximate surface area is 173 Å². The number of hydrogen-bond donors (Lipinski definition) is 2. The van der Waals surface area contributed by atoms with Crippen LogP contribution in [0.1, 0.15) is 31.9 Å². The fourth-order valence-electron chi connectivity index (χ4n) is 3.17. The number of nitrogens with one attached hydrogen (secondary N) is 2. The second-order valence-electron chi connectivity index (χ2n) is 6.79. The molecule has 0 radical (unpaired) electrons. The van der Waals surface area contributed by atoms with Gasteiger partial charge in [-0.2, -0.15) is 0 Å². The van der Waals surface area contributed by atoms with Crippen molar-refractivity contribution in [1.82, 2.24) is 4.90 Å². The predicted molar refractivity (Wildman–Crippen MR) is 118 cm³/mol. The monoisotopic (exact) mass is 397 g/mol. The Morgan fingerprint density at radius 1 is 0.897 bits per heavy atom. The van der Waals surface area contributed by atoms with E-state index in [0.717, 1.165) is 29.7 Å². The van der Waals surface area contributed by atoms with Crippen LogP contribution in [0.3, 0.4) is 0 Å². The number of methoxy groups -OCH3 is 1. The lowest BCUT2D eigenvalue weighted by Gasteiger charge is -2.21. The Bertz CT molecular complexity index is 814. The zero-order valence-corrected chi connectivity index (χ0v) is 17.7. The van der Waals surface area contributed by atoms with Gasteiger partial charge in [-0.25, -0.2) is 0 Å². The first kappa shape index (κ1) is 22.4. The van der Waals surface area contributed by atoms with Crippen molar-refractivity contribution < 1.29 is 14.3 Å². The van der Waals surface area contributed by atoms with Crippen LogP contribution in [0.5, 0.6) is 5.75 Å². The van der Waals surface area contributed by atoms with E-state index < -0.39 is 0 Å². The van der Waals surface area contributed by atoms with Crippen LogP contribution >= 0.6 is 0 Å². The first-order valence-electron chi connectivity index (χ1n) is 10.1. The molecule has 2 rings (SSSR count). The highest BCUT2D eigenvalue weighted by molar-refractivity contribution is 5.95. The van der Waals surface area contributed by atoms with E-state index in [1.807, 2.05) is 42.2 Å². The predicted octanol–water partition coefficient (Wildman–Crippen LogP) is 3.72. The average molecular weight is 398 g/mol. The number of rotatable bonds is 10. The van der Waals surface area contributed by atoms with Crippen LogP contribution in [-0.4, -0.2) is 43.5 Å². The van der Waals surface area contributed by atoms with E-state index in [4.69, 9.17) is 4.74 Å². The van der Waals surface area contributed by atoms with Gasteiger partial charge < -0.3 is 15.4 Å². The van der Waals surface area contributed by atoms with Gasteiger partial charge in [-0.1, -0.05) is 45.0 Å². The van der Waals surface area contributed by atoms with Crippen molar-refractivity contribution >= 4 is 23.2 Å². The maximum absolute atomic E-state index is 12.6. The highest BCUT2D eigenvalue weighted by atomic mass is 16.5. The first-order valence-corrected chi connectivity index (χ1v) is 10.1. The molecule has 2 aromatic rings. The van der Waals surface area contributed by atoms with Gasteiger partial charge in [0.2, 0.25) is 11.8 Å². The number of benzene rings is 2. The van der Waals surface area contributed by atoms with Crippen molar-refractivity contribution in [3.05, 3.63) is 53.6 Å². The minimum atomic E-state index is -0.170. The summed E-state index contributed by atoms with van der Waals surface area (Å²) in [5, 5.41) is 5.90. The molecule has 2 aromatic carbocycles. The number of para-hydroxylation sites is 1. The van der Waals surface area contributed by atoms with Crippen molar-refractivity contribution in [2.75, 3.05) is 37.4 Å². The molecule has 0 saturated heterocycles. The number of nitrogens with zero attached hydrogens (tertiary/aromatic N) is 1. The van der Waals surface area contributed by atoms with E-state index in [0.29, 0.717) is 18.0 Å². The quantitative estimate of drug-likeness (QED) is 0.641. The van der Waals surface area contributed by atoms with Gasteiger partial charge in [0.1, 0.15) is 5.75 Å². The lowest BCUT2D eigenvalue weighted by molar-refractivity contribution is -0.119. The maximum atomic E-state index is 12.6. The zero-order valence-electron chi connectivity index (χ0n) is 17.7. The van der Waals surface area contributed by atoms with E-state index in [1.54, 1.807) is 19.2 Å². The number of ether oxygens (including phenoxy) is 1. The summed E-state index contributed by atoms with van der Waals surface area (Å²) in [6.07, 6.45) is 1.70. The van der Waals surface area contributed by atoms with Crippen LogP contribution in [0.2, 0.25) is 0 Å². The Hall–Kier alpha value is -2.86. The van der Waals surface area contributed by atoms with E-state index in [1.165, 1.54) is 0 Å². The molecule has 0 bridgehead atoms. The van der Waals surface area contributed by atoms with Gasteiger partial charge >= 0.3 is 0 Å². The summed E-state index contributed by atoms with van der Waals surface area (Å²) in [6.45, 7) is 6.97. The van der Waals surface area contributed by atoms with Gasteiger partial charge in [0.05, 0.1) is 20.2 Å². The molecule has 29 heavy (non-hydrogen) atoms. The van der Waals surface area contributed by atoms with Crippen molar-refractivity contribution in [2.45, 2.75) is 33.6 Å². The molecule has 0 aromatic heterocycles. The van der Waals surface area contributed by atoms with Crippen LogP contribution in [0, 0.1) is 0 Å². The van der Waals surface area contributed by atoms with E-state index >= 15 is 0 Å². The summed E-state index contributed by atoms with van der Waals surface area (Å²) in [5.41, 5.74) is 3.81. The van der Waals surface area contributed by atoms with Crippen molar-refractivity contribution in [1.29, 1.82) is 0 Å². The molecular weight excluding hydrogens is 366 g/mol. The van der Waals surface area contributed by atoms with Crippen LogP contribution in [0.25, 0.3) is 0 Å². The third kappa shape index (κ3) is 6.61. The molecular formula is C23H31N3O3. The smallest absolute Gasteiger partial charge is 0.238 e. The maximum Gasteiger partial charge on any atom is 0.238 e. The highest BCUT2D eigenvalue weighted by Crippen LogP contribution is 2.22. The molecule has 0 aliphatic rings. The summed E-state index contributed by atoms with van der Waals surface area (Å²) < 4.78 is 5.17. The van der Waals surface area contributed by atoms with Crippen LogP contribution in [-0.2, 0) is 22.4 Å². The fraction of sp³-hybridized carbons (Fsp3) is 0.391. The molecule has 0 aliphatic carbocycles. The van der Waals surface area contributed by atoms with Gasteiger partial charge in [0, 0.05) is 17.4 Å². The third-order valence-corrected chi connectivity index (χ3v) is 4.80. The molecule has 0 unspecified atom stereocenters. The molecule has 2 amide bonds. The van der Waals surface area contributed by atoms with E-state index in [-0.39, 0.29) is 24.9 Å². The Balaban J connectivity index is 1.97. The van der Waals surface area contributed by atoms with Gasteiger partial charge in [-0.3, -0.25) is 14.5 Å². The number of anilines is 2. The Morgan fingerprint density at radius 3 is 2.03 bits per heavy atom. The number of likely N-dealkylation sites (N-methyl/N-ethyl adjacent to an activating group) is 1. The Morgan fingerprint density at radius 2 is 1.48 bits per heavy atom. The number of carbonyl (C=O) groups is 2. The minimum Gasteiger partial charge on any atom is -0.497 e. The van der Waals surface area contributed by atoms with Crippen molar-refractivity contribution in [3.63, 3.8) is 0 Å². The highest BCUT2D eigenvalue weighted by Gasteiger charge is 2.16. The summed E-state index contributed by atoms with van der Waals surface area (Å²) in [4.78, 5) is 26.8. The first-order chi connectivity index (χ1) is 14.0. The fourth-order valence-corrected chi connectivity index (χ4v) is 3.17. The second kappa shape index (κ2) is 11.2. The number of aryl methyl sites for hydroxylation is 2. The second-order valence-corrected chi connectivity index (χ2v) is 6.79. The Kier molecular flexibility index (Phi) is 8.68. The lowest BCUT2D eigenvalue weighted by Crippen LogP contribution is -2.38. The third-order valence-electron chi connectivity index (χ3n) is 4.80. The van der Waals surface area contributed by atoms with Crippen molar-refractivity contribution in [3.8, 4) is 5.75 Å². The summed E-state index contributed by atoms with van der Waals surface area (Å²) >= 11 is 0. The summed E-state index contributed by atoms with van der Waals surface area (Å²) in [7, 11) is 1.58. The van der Waals surface area contributed by atoms with Gasteiger partial charge in [-0.15, -0.1) is 0 Å². The average Bonchev–Trinajstić information content (AvgIpc) is 2.73. The standard InChI is InChI=1S/C23H31N3O3/c1-5-17-10-8-11-18(6-2)23(17)25-22(28)16-26(7-3)15-21(27)24-19-12-9-13-20(14-19)29-4/h8-14H,5-7,15-16H2,1-4H3,(H,24,27)(H,25,28). The van der Waals surface area contributed by atoms with Crippen molar-refractivity contribution in [2.24, 2.45) is 0 Å². The molecule has 0 atom stereocenters. The van der Waals surface area contributed by atoms with Gasteiger partial charge in [0.25, 0.3) is 0 Å².